The molecule has 29 heavy (non-hydrogen) atoms. The highest BCUT2D eigenvalue weighted by Gasteiger charge is 2.33. The van der Waals surface area contributed by atoms with E-state index in [0.29, 0.717) is 12.1 Å². The number of hydrogen-bond acceptors (Lipinski definition) is 6. The standard InChI is InChI=1S/C18H15F3N4O4/c1-9(2)24-16(26)12(7-22)10(3)13(17(24)27)8-23-14-5-4-11(18(19,20)21)6-15(14)25(28)29/h4-6,8-9,27H,1-3H3. The van der Waals surface area contributed by atoms with Gasteiger partial charge in [0.05, 0.1) is 16.1 Å². The van der Waals surface area contributed by atoms with Crippen molar-refractivity contribution in [3.05, 3.63) is 60.9 Å². The molecule has 0 radical (unpaired) electrons. The lowest BCUT2D eigenvalue weighted by molar-refractivity contribution is -0.384. The Kier molecular flexibility index (Phi) is 5.77. The number of aliphatic imine (C=N–C) groups is 1. The fourth-order valence-electron chi connectivity index (χ4n) is 2.66. The van der Waals surface area contributed by atoms with Crippen molar-refractivity contribution in [2.75, 3.05) is 0 Å². The molecule has 0 amide bonds. The fraction of sp³-hybridized carbons (Fsp3) is 0.278. The van der Waals surface area contributed by atoms with E-state index in [1.807, 2.05) is 0 Å². The van der Waals surface area contributed by atoms with Crippen molar-refractivity contribution in [1.29, 1.82) is 5.26 Å². The first-order valence-electron chi connectivity index (χ1n) is 8.18. The second kappa shape index (κ2) is 7.75. The number of alkyl halides is 3. The normalized spacial score (nSPS) is 11.8. The Bertz CT molecular complexity index is 1110. The number of nitro groups is 1. The van der Waals surface area contributed by atoms with Crippen LogP contribution in [0.2, 0.25) is 0 Å². The highest BCUT2D eigenvalue weighted by Crippen LogP contribution is 2.36. The predicted molar refractivity (Wildman–Crippen MR) is 97.6 cm³/mol. The maximum atomic E-state index is 12.8. The Balaban J connectivity index is 2.69. The van der Waals surface area contributed by atoms with Gasteiger partial charge in [-0.05, 0) is 38.5 Å². The molecule has 0 aliphatic heterocycles. The van der Waals surface area contributed by atoms with Gasteiger partial charge in [-0.1, -0.05) is 0 Å². The van der Waals surface area contributed by atoms with Crippen LogP contribution >= 0.6 is 0 Å². The molecule has 0 spiro atoms. The number of hydrogen-bond donors (Lipinski definition) is 1. The summed E-state index contributed by atoms with van der Waals surface area (Å²) in [6.07, 6.45) is -3.80. The lowest BCUT2D eigenvalue weighted by atomic mass is 10.1. The minimum Gasteiger partial charge on any atom is -0.494 e. The maximum absolute atomic E-state index is 12.8. The third kappa shape index (κ3) is 4.11. The van der Waals surface area contributed by atoms with Gasteiger partial charge in [0.15, 0.2) is 0 Å². The molecule has 8 nitrogen and oxygen atoms in total. The molecule has 1 aromatic carbocycles. The summed E-state index contributed by atoms with van der Waals surface area (Å²) in [5.74, 6) is -0.514. The summed E-state index contributed by atoms with van der Waals surface area (Å²) < 4.78 is 39.4. The van der Waals surface area contributed by atoms with E-state index in [4.69, 9.17) is 0 Å². The SMILES string of the molecule is Cc1c(C=Nc2ccc(C(F)(F)F)cc2[N+](=O)[O-])c(O)n(C(C)C)c(=O)c1C#N. The van der Waals surface area contributed by atoms with Gasteiger partial charge in [-0.3, -0.25) is 19.5 Å². The van der Waals surface area contributed by atoms with E-state index in [1.54, 1.807) is 19.9 Å². The van der Waals surface area contributed by atoms with Crippen molar-refractivity contribution in [3.63, 3.8) is 0 Å². The van der Waals surface area contributed by atoms with Gasteiger partial charge in [-0.2, -0.15) is 18.4 Å². The summed E-state index contributed by atoms with van der Waals surface area (Å²) in [6.45, 7) is 4.57. The monoisotopic (exact) mass is 408 g/mol. The zero-order valence-corrected chi connectivity index (χ0v) is 15.5. The average Bonchev–Trinajstić information content (AvgIpc) is 2.60. The summed E-state index contributed by atoms with van der Waals surface area (Å²) in [7, 11) is 0. The average molecular weight is 408 g/mol. The van der Waals surface area contributed by atoms with Gasteiger partial charge in [0, 0.05) is 18.3 Å². The number of pyridine rings is 1. The number of aromatic hydroxyl groups is 1. The van der Waals surface area contributed by atoms with Crippen LogP contribution in [0, 0.1) is 28.4 Å². The molecule has 0 unspecified atom stereocenters. The Hall–Kier alpha value is -3.68. The largest absolute Gasteiger partial charge is 0.494 e. The summed E-state index contributed by atoms with van der Waals surface area (Å²) in [4.78, 5) is 26.3. The molecule has 0 atom stereocenters. The second-order valence-corrected chi connectivity index (χ2v) is 6.33. The van der Waals surface area contributed by atoms with Gasteiger partial charge in [-0.15, -0.1) is 0 Å². The van der Waals surface area contributed by atoms with Gasteiger partial charge in [0.1, 0.15) is 17.3 Å². The molecule has 1 N–H and O–H groups in total. The van der Waals surface area contributed by atoms with Crippen LogP contribution in [0.15, 0.2) is 28.0 Å². The first kappa shape index (κ1) is 21.6. The van der Waals surface area contributed by atoms with Gasteiger partial charge in [0.2, 0.25) is 5.88 Å². The molecule has 0 aliphatic carbocycles. The number of halogens is 3. The number of nitriles is 1. The van der Waals surface area contributed by atoms with Crippen LogP contribution in [0.4, 0.5) is 24.5 Å². The molecule has 0 bridgehead atoms. The Morgan fingerprint density at radius 3 is 2.48 bits per heavy atom. The van der Waals surface area contributed by atoms with Crippen molar-refractivity contribution in [3.8, 4) is 11.9 Å². The van der Waals surface area contributed by atoms with E-state index in [9.17, 15) is 38.4 Å². The van der Waals surface area contributed by atoms with Crippen LogP contribution in [-0.4, -0.2) is 20.8 Å². The summed E-state index contributed by atoms with van der Waals surface area (Å²) in [5, 5.41) is 30.8. The number of nitro benzene ring substituents is 1. The number of aromatic nitrogens is 1. The van der Waals surface area contributed by atoms with Gasteiger partial charge < -0.3 is 5.11 Å². The van der Waals surface area contributed by atoms with Crippen molar-refractivity contribution in [2.45, 2.75) is 33.0 Å². The predicted octanol–water partition coefficient (Wildman–Crippen LogP) is 3.99. The van der Waals surface area contributed by atoms with Gasteiger partial charge in [0.25, 0.3) is 11.2 Å². The highest BCUT2D eigenvalue weighted by molar-refractivity contribution is 5.88. The van der Waals surface area contributed by atoms with E-state index < -0.39 is 39.8 Å². The number of rotatable bonds is 4. The summed E-state index contributed by atoms with van der Waals surface area (Å²) in [6, 6.07) is 3.05. The summed E-state index contributed by atoms with van der Waals surface area (Å²) in [5.41, 5.74) is -3.40. The van der Waals surface area contributed by atoms with Crippen molar-refractivity contribution < 1.29 is 23.2 Å². The van der Waals surface area contributed by atoms with E-state index in [2.05, 4.69) is 4.99 Å². The molecule has 152 valence electrons. The molecular weight excluding hydrogens is 393 g/mol. The van der Waals surface area contributed by atoms with Crippen LogP contribution < -0.4 is 5.56 Å². The molecule has 1 heterocycles. The van der Waals surface area contributed by atoms with Crippen LogP contribution in [0.3, 0.4) is 0 Å². The van der Waals surface area contributed by atoms with Gasteiger partial charge in [-0.25, -0.2) is 4.99 Å². The van der Waals surface area contributed by atoms with Crippen LogP contribution in [-0.2, 0) is 6.18 Å². The number of benzene rings is 1. The molecule has 2 aromatic rings. The quantitative estimate of drug-likeness (QED) is 0.466. The smallest absolute Gasteiger partial charge is 0.416 e. The molecular formula is C18H15F3N4O4. The third-order valence-electron chi connectivity index (χ3n) is 4.14. The lowest BCUT2D eigenvalue weighted by Gasteiger charge is -2.16. The lowest BCUT2D eigenvalue weighted by Crippen LogP contribution is -2.26. The van der Waals surface area contributed by atoms with Gasteiger partial charge >= 0.3 is 6.18 Å². The Labute approximate surface area is 162 Å². The van der Waals surface area contributed by atoms with Crippen LogP contribution in [0.1, 0.15) is 42.1 Å². The van der Waals surface area contributed by atoms with Crippen LogP contribution in [0.25, 0.3) is 0 Å². The molecule has 0 saturated heterocycles. The van der Waals surface area contributed by atoms with Crippen molar-refractivity contribution in [2.24, 2.45) is 4.99 Å². The van der Waals surface area contributed by atoms with Crippen molar-refractivity contribution >= 4 is 17.6 Å². The van der Waals surface area contributed by atoms with E-state index in [1.165, 1.54) is 6.92 Å². The third-order valence-corrected chi connectivity index (χ3v) is 4.14. The fourth-order valence-corrected chi connectivity index (χ4v) is 2.66. The first-order chi connectivity index (χ1) is 13.4. The highest BCUT2D eigenvalue weighted by atomic mass is 19.4. The molecule has 0 fully saturated rings. The van der Waals surface area contributed by atoms with Crippen LogP contribution in [0.5, 0.6) is 5.88 Å². The topological polar surface area (TPSA) is 122 Å². The maximum Gasteiger partial charge on any atom is 0.416 e. The van der Waals surface area contributed by atoms with E-state index >= 15 is 0 Å². The zero-order chi connectivity index (χ0) is 22.1. The minimum absolute atomic E-state index is 0.0518. The zero-order valence-electron chi connectivity index (χ0n) is 15.5. The van der Waals surface area contributed by atoms with E-state index in [0.717, 1.165) is 16.8 Å². The Morgan fingerprint density at radius 2 is 2.00 bits per heavy atom. The molecule has 11 heteroatoms. The first-order valence-corrected chi connectivity index (χ1v) is 8.18. The second-order valence-electron chi connectivity index (χ2n) is 6.33. The molecule has 0 saturated carbocycles. The molecule has 0 aliphatic rings. The van der Waals surface area contributed by atoms with E-state index in [-0.39, 0.29) is 22.4 Å². The minimum atomic E-state index is -4.77. The van der Waals surface area contributed by atoms with Crippen molar-refractivity contribution in [1.82, 2.24) is 4.57 Å². The molecule has 2 rings (SSSR count). The number of nitrogens with zero attached hydrogens (tertiary/aromatic N) is 4. The Morgan fingerprint density at radius 1 is 1.38 bits per heavy atom. The summed E-state index contributed by atoms with van der Waals surface area (Å²) >= 11 is 0. The molecule has 1 aromatic heterocycles.